The monoisotopic (exact) mass is 347 g/mol. The summed E-state index contributed by atoms with van der Waals surface area (Å²) >= 11 is 0. The molecular weight excluding hydrogens is 346 g/mol. The van der Waals surface area contributed by atoms with Crippen LogP contribution in [-0.4, -0.2) is 35.7 Å². The van der Waals surface area contributed by atoms with Crippen molar-refractivity contribution < 1.29 is 34.5 Å². The van der Waals surface area contributed by atoms with E-state index in [2.05, 4.69) is 0 Å². The van der Waals surface area contributed by atoms with Crippen molar-refractivity contribution in [1.82, 2.24) is 0 Å². The zero-order valence-electron chi connectivity index (χ0n) is 10.7. The van der Waals surface area contributed by atoms with Gasteiger partial charge in [-0.1, -0.05) is 0 Å². The number of carboxylic acid groups (broad SMARTS) is 1. The van der Waals surface area contributed by atoms with E-state index < -0.39 is 64.6 Å². The smallest absolute Gasteiger partial charge is 0.437 e. The topological polar surface area (TPSA) is 253 Å². The van der Waals surface area contributed by atoms with E-state index in [0.29, 0.717) is 0 Å². The lowest BCUT2D eigenvalue weighted by Crippen LogP contribution is -2.14. The van der Waals surface area contributed by atoms with Gasteiger partial charge in [0.05, 0.1) is 24.6 Å². The molecule has 17 nitrogen and oxygen atoms in total. The lowest BCUT2D eigenvalue weighted by atomic mass is 10.0. The summed E-state index contributed by atoms with van der Waals surface area (Å²) in [6.45, 7) is 0. The molecule has 0 aromatic heterocycles. The molecule has 0 amide bonds. The van der Waals surface area contributed by atoms with Crippen molar-refractivity contribution in [2.45, 2.75) is 0 Å². The van der Waals surface area contributed by atoms with Crippen LogP contribution in [0, 0.1) is 50.6 Å². The average Bonchev–Trinajstić information content (AvgIpc) is 2.42. The van der Waals surface area contributed by atoms with Crippen LogP contribution in [0.15, 0.2) is 0 Å². The summed E-state index contributed by atoms with van der Waals surface area (Å²) in [5.74, 6) is -2.49. The van der Waals surface area contributed by atoms with Crippen LogP contribution in [0.2, 0.25) is 0 Å². The summed E-state index contributed by atoms with van der Waals surface area (Å²) in [4.78, 5) is 56.5. The third kappa shape index (κ3) is 2.58. The molecule has 126 valence electrons. The maximum absolute atomic E-state index is 11.1. The molecule has 0 atom stereocenters. The van der Waals surface area contributed by atoms with Gasteiger partial charge in [0, 0.05) is 0 Å². The lowest BCUT2D eigenvalue weighted by Gasteiger charge is -2.03. The first-order valence-corrected chi connectivity index (χ1v) is 5.12. The number of benzene rings is 1. The van der Waals surface area contributed by atoms with Crippen molar-refractivity contribution in [3.05, 3.63) is 56.1 Å². The first-order valence-electron chi connectivity index (χ1n) is 5.12. The van der Waals surface area contributed by atoms with Crippen molar-refractivity contribution in [2.75, 3.05) is 0 Å². The number of nitrogens with zero attached hydrogens (tertiary/aromatic N) is 5. The summed E-state index contributed by atoms with van der Waals surface area (Å²) in [6.07, 6.45) is 0. The summed E-state index contributed by atoms with van der Waals surface area (Å²) in [7, 11) is 0. The van der Waals surface area contributed by atoms with E-state index in [1.54, 1.807) is 0 Å². The van der Waals surface area contributed by atoms with Gasteiger partial charge in [0.15, 0.2) is 0 Å². The molecule has 0 unspecified atom stereocenters. The SMILES string of the molecule is O=C(O)c1c([N+](=O)[O-])c([N+](=O)[O-])c([N+](=O)[O-])c([N+](=O)[O-])c1[N+](=O)[O-]. The Morgan fingerprint density at radius 1 is 0.583 bits per heavy atom. The standard InChI is InChI=1S/C7HN5O12/c13-7(14)1-2(8(15)16)4(10(19)20)6(12(23)24)5(11(21)22)3(1)9(17)18/h(H,13,14). The van der Waals surface area contributed by atoms with Crippen molar-refractivity contribution in [3.63, 3.8) is 0 Å². The number of nitro benzene ring substituents is 5. The fraction of sp³-hybridized carbons (Fsp3) is 0. The van der Waals surface area contributed by atoms with E-state index in [0.717, 1.165) is 0 Å². The molecule has 0 saturated heterocycles. The Hall–Kier alpha value is -4.31. The first kappa shape index (κ1) is 17.7. The maximum Gasteiger partial charge on any atom is 0.437 e. The van der Waals surface area contributed by atoms with Crippen molar-refractivity contribution in [2.24, 2.45) is 0 Å². The van der Waals surface area contributed by atoms with Crippen LogP contribution in [0.25, 0.3) is 0 Å². The van der Waals surface area contributed by atoms with E-state index >= 15 is 0 Å². The number of carboxylic acids is 1. The number of hydrogen-bond donors (Lipinski definition) is 1. The highest BCUT2D eigenvalue weighted by Crippen LogP contribution is 2.51. The molecule has 0 spiro atoms. The average molecular weight is 347 g/mol. The number of nitro groups is 5. The predicted octanol–water partition coefficient (Wildman–Crippen LogP) is 0.926. The van der Waals surface area contributed by atoms with Gasteiger partial charge in [0.1, 0.15) is 0 Å². The van der Waals surface area contributed by atoms with Crippen LogP contribution >= 0.6 is 0 Å². The number of aromatic carboxylic acids is 1. The molecule has 0 bridgehead atoms. The lowest BCUT2D eigenvalue weighted by molar-refractivity contribution is -0.460. The van der Waals surface area contributed by atoms with Crippen LogP contribution in [-0.2, 0) is 0 Å². The van der Waals surface area contributed by atoms with Crippen molar-refractivity contribution in [3.8, 4) is 0 Å². The third-order valence-electron chi connectivity index (χ3n) is 2.50. The maximum atomic E-state index is 11.1. The molecule has 0 saturated carbocycles. The summed E-state index contributed by atoms with van der Waals surface area (Å²) in [6, 6.07) is 0. The minimum absolute atomic E-state index is 1.79. The zero-order valence-corrected chi connectivity index (χ0v) is 10.7. The molecule has 24 heavy (non-hydrogen) atoms. The highest BCUT2D eigenvalue weighted by atomic mass is 16.7. The Balaban J connectivity index is 4.50. The van der Waals surface area contributed by atoms with Crippen molar-refractivity contribution >= 4 is 34.4 Å². The molecule has 0 aliphatic heterocycles. The fourth-order valence-electron chi connectivity index (χ4n) is 1.76. The highest BCUT2D eigenvalue weighted by Gasteiger charge is 2.56. The molecule has 0 heterocycles. The van der Waals surface area contributed by atoms with Gasteiger partial charge in [-0.15, -0.1) is 0 Å². The Kier molecular flexibility index (Phi) is 4.31. The molecular formula is C7HN5O12. The second-order valence-corrected chi connectivity index (χ2v) is 3.71. The normalized spacial score (nSPS) is 10.0. The molecule has 17 heteroatoms. The second kappa shape index (κ2) is 5.82. The van der Waals surface area contributed by atoms with E-state index in [9.17, 15) is 55.4 Å². The van der Waals surface area contributed by atoms with Gasteiger partial charge in [-0.3, -0.25) is 50.6 Å². The number of rotatable bonds is 6. The van der Waals surface area contributed by atoms with Gasteiger partial charge in [0.2, 0.25) is 5.56 Å². The highest BCUT2D eigenvalue weighted by molar-refractivity contribution is 6.04. The Morgan fingerprint density at radius 2 is 0.792 bits per heavy atom. The summed E-state index contributed by atoms with van der Waals surface area (Å²) in [5, 5.41) is 63.3. The molecule has 0 aliphatic carbocycles. The van der Waals surface area contributed by atoms with Gasteiger partial charge in [-0.25, -0.2) is 4.79 Å². The van der Waals surface area contributed by atoms with Crippen LogP contribution in [0.4, 0.5) is 28.4 Å². The summed E-state index contributed by atoms with van der Waals surface area (Å²) in [5.41, 5.74) is -12.7. The van der Waals surface area contributed by atoms with Crippen LogP contribution in [0.1, 0.15) is 10.4 Å². The molecule has 0 fully saturated rings. The van der Waals surface area contributed by atoms with Crippen LogP contribution < -0.4 is 0 Å². The van der Waals surface area contributed by atoms with E-state index in [1.807, 2.05) is 0 Å². The fourth-order valence-corrected chi connectivity index (χ4v) is 1.76. The quantitative estimate of drug-likeness (QED) is 0.556. The number of carbonyl (C=O) groups is 1. The molecule has 1 aromatic rings. The van der Waals surface area contributed by atoms with Crippen LogP contribution in [0.3, 0.4) is 0 Å². The largest absolute Gasteiger partial charge is 0.477 e. The third-order valence-corrected chi connectivity index (χ3v) is 2.50. The van der Waals surface area contributed by atoms with E-state index in [-0.39, 0.29) is 0 Å². The molecule has 0 aliphatic rings. The predicted molar refractivity (Wildman–Crippen MR) is 66.7 cm³/mol. The first-order chi connectivity index (χ1) is 10.9. The second-order valence-electron chi connectivity index (χ2n) is 3.71. The summed E-state index contributed by atoms with van der Waals surface area (Å²) < 4.78 is 0. The van der Waals surface area contributed by atoms with Gasteiger partial charge < -0.3 is 5.11 Å². The minimum Gasteiger partial charge on any atom is -0.477 e. The van der Waals surface area contributed by atoms with Gasteiger partial charge >= 0.3 is 34.4 Å². The Morgan fingerprint density at radius 3 is 0.958 bits per heavy atom. The molecule has 1 aromatic carbocycles. The van der Waals surface area contributed by atoms with E-state index in [1.165, 1.54) is 0 Å². The van der Waals surface area contributed by atoms with Crippen LogP contribution in [0.5, 0.6) is 0 Å². The molecule has 0 radical (unpaired) electrons. The number of hydrogen-bond acceptors (Lipinski definition) is 11. The minimum atomic E-state index is -2.49. The van der Waals surface area contributed by atoms with Gasteiger partial charge in [-0.2, -0.15) is 0 Å². The Bertz CT molecular complexity index is 645. The molecule has 1 rings (SSSR count). The Labute approximate surface area is 126 Å². The van der Waals surface area contributed by atoms with Gasteiger partial charge in [0.25, 0.3) is 0 Å². The van der Waals surface area contributed by atoms with Crippen molar-refractivity contribution in [1.29, 1.82) is 0 Å². The van der Waals surface area contributed by atoms with E-state index in [4.69, 9.17) is 5.11 Å². The molecule has 1 N–H and O–H groups in total. The van der Waals surface area contributed by atoms with Gasteiger partial charge in [-0.05, 0) is 0 Å². The zero-order chi connectivity index (χ0) is 18.9.